The second kappa shape index (κ2) is 9.72. The summed E-state index contributed by atoms with van der Waals surface area (Å²) in [6, 6.07) is 13.8. The third kappa shape index (κ3) is 5.04. The Morgan fingerprint density at radius 2 is 1.26 bits per heavy atom. The molecule has 4 aromatic rings. The van der Waals surface area contributed by atoms with Crippen molar-refractivity contribution in [2.45, 2.75) is 38.8 Å². The number of rotatable bonds is 6. The van der Waals surface area contributed by atoms with E-state index in [0.29, 0.717) is 46.0 Å². The summed E-state index contributed by atoms with van der Waals surface area (Å²) < 4.78 is 96.8. The average Bonchev–Trinajstić information content (AvgIpc) is 2.77. The fourth-order valence-electron chi connectivity index (χ4n) is 4.36. The molecule has 7 heteroatoms. The molecule has 0 fully saturated rings. The van der Waals surface area contributed by atoms with Crippen LogP contribution < -0.4 is 0 Å². The number of hydrogen-bond acceptors (Lipinski definition) is 0. The molecular formula is C28H21F7. The van der Waals surface area contributed by atoms with Crippen molar-refractivity contribution in [3.63, 3.8) is 0 Å². The van der Waals surface area contributed by atoms with Gasteiger partial charge < -0.3 is 0 Å². The maximum Gasteiger partial charge on any atom is 0.422 e. The van der Waals surface area contributed by atoms with Gasteiger partial charge in [0, 0.05) is 0 Å². The van der Waals surface area contributed by atoms with Crippen LogP contribution in [-0.2, 0) is 19.0 Å². The molecule has 35 heavy (non-hydrogen) atoms. The zero-order valence-electron chi connectivity index (χ0n) is 18.7. The van der Waals surface area contributed by atoms with Crippen LogP contribution in [0.5, 0.6) is 0 Å². The number of hydrogen-bond donors (Lipinski definition) is 0. The van der Waals surface area contributed by atoms with Crippen molar-refractivity contribution in [3.05, 3.63) is 106 Å². The average molecular weight is 490 g/mol. The fraction of sp³-hybridized carbons (Fsp3) is 0.214. The fourth-order valence-corrected chi connectivity index (χ4v) is 4.36. The monoisotopic (exact) mass is 490 g/mol. The van der Waals surface area contributed by atoms with Crippen LogP contribution in [0.15, 0.2) is 60.7 Å². The third-order valence-electron chi connectivity index (χ3n) is 5.98. The first-order valence-corrected chi connectivity index (χ1v) is 11.1. The third-order valence-corrected chi connectivity index (χ3v) is 5.98. The second-order valence-electron chi connectivity index (χ2n) is 8.46. The predicted octanol–water partition coefficient (Wildman–Crippen LogP) is 9.02. The second-order valence-corrected chi connectivity index (χ2v) is 8.46. The van der Waals surface area contributed by atoms with Gasteiger partial charge in [0.15, 0.2) is 0 Å². The van der Waals surface area contributed by atoms with Crippen molar-refractivity contribution in [2.24, 2.45) is 0 Å². The van der Waals surface area contributed by atoms with Gasteiger partial charge in [0.05, 0.1) is 5.56 Å². The van der Waals surface area contributed by atoms with Crippen LogP contribution in [0.2, 0.25) is 0 Å². The molecule has 0 nitrogen and oxygen atoms in total. The molecule has 0 aliphatic heterocycles. The first-order chi connectivity index (χ1) is 16.6. The number of fused-ring (bicyclic) bond motifs is 1. The number of aryl methyl sites for hydroxylation is 1. The number of halogens is 7. The summed E-state index contributed by atoms with van der Waals surface area (Å²) in [4.78, 5) is 0. The molecule has 0 spiro atoms. The Hall–Kier alpha value is -3.35. The highest BCUT2D eigenvalue weighted by Crippen LogP contribution is 2.37. The molecule has 0 bridgehead atoms. The zero-order chi connectivity index (χ0) is 25.3. The molecule has 0 amide bonds. The van der Waals surface area contributed by atoms with E-state index in [1.165, 1.54) is 18.2 Å². The lowest BCUT2D eigenvalue weighted by molar-refractivity contribution is -0.142. The minimum absolute atomic E-state index is 0.00328. The molecule has 4 rings (SSSR count). The van der Waals surface area contributed by atoms with Crippen molar-refractivity contribution < 1.29 is 30.7 Å². The molecule has 0 unspecified atom stereocenters. The smallest absolute Gasteiger partial charge is 0.206 e. The lowest BCUT2D eigenvalue weighted by Crippen LogP contribution is -2.12. The predicted molar refractivity (Wildman–Crippen MR) is 122 cm³/mol. The van der Waals surface area contributed by atoms with E-state index >= 15 is 8.78 Å². The van der Waals surface area contributed by atoms with Crippen LogP contribution in [-0.4, -0.2) is 0 Å². The van der Waals surface area contributed by atoms with Crippen molar-refractivity contribution in [2.75, 3.05) is 0 Å². The summed E-state index contributed by atoms with van der Waals surface area (Å²) in [6.07, 6.45) is -2.97. The van der Waals surface area contributed by atoms with Gasteiger partial charge in [-0.15, -0.1) is 0 Å². The quantitative estimate of drug-likeness (QED) is 0.237. The van der Waals surface area contributed by atoms with E-state index in [0.717, 1.165) is 12.8 Å². The molecular weight excluding hydrogens is 469 g/mol. The summed E-state index contributed by atoms with van der Waals surface area (Å²) in [5, 5.41) is 1.08. The molecule has 4 aromatic carbocycles. The summed E-state index contributed by atoms with van der Waals surface area (Å²) in [5.74, 6) is -4.77. The molecule has 0 atom stereocenters. The Kier molecular flexibility index (Phi) is 6.88. The summed E-state index contributed by atoms with van der Waals surface area (Å²) in [7, 11) is 0. The van der Waals surface area contributed by atoms with Crippen LogP contribution in [0.3, 0.4) is 0 Å². The maximum absolute atomic E-state index is 15.0. The highest BCUT2D eigenvalue weighted by Gasteiger charge is 2.37. The van der Waals surface area contributed by atoms with Gasteiger partial charge in [-0.3, -0.25) is 0 Å². The van der Waals surface area contributed by atoms with Gasteiger partial charge >= 0.3 is 6.18 Å². The normalized spacial score (nSPS) is 11.9. The number of unbranched alkanes of at least 4 members (excludes halogenated alkanes) is 1. The standard InChI is InChI=1S/C28H21F7/c1-2-3-6-16-12-22(29)26(23(30)13-16)21-10-9-18(19-7-4-5-8-20(19)21)11-17-14-24(31)27(25(32)15-17)28(33,34)35/h4-5,7-10,12-15H,2-3,6,11H2,1H3. The van der Waals surface area contributed by atoms with Crippen LogP contribution in [0.1, 0.15) is 42.0 Å². The maximum atomic E-state index is 15.0. The largest absolute Gasteiger partial charge is 0.422 e. The number of alkyl halides is 3. The zero-order valence-corrected chi connectivity index (χ0v) is 18.7. The highest BCUT2D eigenvalue weighted by molar-refractivity contribution is 5.99. The van der Waals surface area contributed by atoms with E-state index in [-0.39, 0.29) is 17.5 Å². The molecule has 0 saturated heterocycles. The van der Waals surface area contributed by atoms with Gasteiger partial charge in [-0.25, -0.2) is 17.6 Å². The van der Waals surface area contributed by atoms with Crippen LogP contribution in [0.25, 0.3) is 21.9 Å². The van der Waals surface area contributed by atoms with Crippen molar-refractivity contribution in [1.82, 2.24) is 0 Å². The lowest BCUT2D eigenvalue weighted by Gasteiger charge is -2.15. The van der Waals surface area contributed by atoms with Crippen molar-refractivity contribution in [3.8, 4) is 11.1 Å². The van der Waals surface area contributed by atoms with E-state index < -0.39 is 35.0 Å². The van der Waals surface area contributed by atoms with Gasteiger partial charge in [-0.1, -0.05) is 49.7 Å². The van der Waals surface area contributed by atoms with Gasteiger partial charge in [0.2, 0.25) is 0 Å². The Bertz CT molecular complexity index is 1340. The first kappa shape index (κ1) is 24.8. The molecule has 0 heterocycles. The Balaban J connectivity index is 1.78. The van der Waals surface area contributed by atoms with Crippen molar-refractivity contribution in [1.29, 1.82) is 0 Å². The Labute approximate surface area is 198 Å². The van der Waals surface area contributed by atoms with Crippen LogP contribution in [0, 0.1) is 23.3 Å². The molecule has 0 radical (unpaired) electrons. The molecule has 0 saturated carbocycles. The topological polar surface area (TPSA) is 0 Å². The van der Waals surface area contributed by atoms with E-state index in [1.54, 1.807) is 30.3 Å². The van der Waals surface area contributed by atoms with E-state index in [1.807, 2.05) is 6.92 Å². The van der Waals surface area contributed by atoms with Crippen LogP contribution >= 0.6 is 0 Å². The van der Waals surface area contributed by atoms with Gasteiger partial charge in [0.1, 0.15) is 28.8 Å². The minimum Gasteiger partial charge on any atom is -0.206 e. The first-order valence-electron chi connectivity index (χ1n) is 11.1. The SMILES string of the molecule is CCCCc1cc(F)c(-c2ccc(Cc3cc(F)c(C(F)(F)F)c(F)c3)c3ccccc23)c(F)c1. The molecule has 0 aliphatic carbocycles. The molecule has 0 N–H and O–H groups in total. The van der Waals surface area contributed by atoms with Gasteiger partial charge in [0.25, 0.3) is 0 Å². The van der Waals surface area contributed by atoms with Crippen molar-refractivity contribution >= 4 is 10.8 Å². The molecule has 0 aromatic heterocycles. The molecule has 182 valence electrons. The highest BCUT2D eigenvalue weighted by atomic mass is 19.4. The number of benzene rings is 4. The van der Waals surface area contributed by atoms with Gasteiger partial charge in [-0.05, 0) is 76.6 Å². The Morgan fingerprint density at radius 1 is 0.686 bits per heavy atom. The van der Waals surface area contributed by atoms with Gasteiger partial charge in [-0.2, -0.15) is 13.2 Å². The summed E-state index contributed by atoms with van der Waals surface area (Å²) in [6.45, 7) is 1.99. The summed E-state index contributed by atoms with van der Waals surface area (Å²) in [5.41, 5.74) is -0.690. The lowest BCUT2D eigenvalue weighted by atomic mass is 9.91. The Morgan fingerprint density at radius 3 is 1.83 bits per heavy atom. The molecule has 0 aliphatic rings. The van der Waals surface area contributed by atoms with E-state index in [9.17, 15) is 22.0 Å². The summed E-state index contributed by atoms with van der Waals surface area (Å²) >= 11 is 0. The van der Waals surface area contributed by atoms with E-state index in [4.69, 9.17) is 0 Å². The van der Waals surface area contributed by atoms with E-state index in [2.05, 4.69) is 0 Å². The minimum atomic E-state index is -5.15. The van der Waals surface area contributed by atoms with Crippen LogP contribution in [0.4, 0.5) is 30.7 Å².